The van der Waals surface area contributed by atoms with Gasteiger partial charge in [0.15, 0.2) is 11.6 Å². The fourth-order valence-electron chi connectivity index (χ4n) is 3.07. The van der Waals surface area contributed by atoms with Crippen LogP contribution in [0.4, 0.5) is 0 Å². The second-order valence-electron chi connectivity index (χ2n) is 4.78. The summed E-state index contributed by atoms with van der Waals surface area (Å²) in [7, 11) is 0. The first-order valence-electron chi connectivity index (χ1n) is 6.17. The van der Waals surface area contributed by atoms with Crippen molar-refractivity contribution in [2.24, 2.45) is 0 Å². The van der Waals surface area contributed by atoms with Gasteiger partial charge in [0.05, 0.1) is 12.3 Å². The van der Waals surface area contributed by atoms with Crippen LogP contribution < -0.4 is 5.56 Å². The van der Waals surface area contributed by atoms with E-state index in [9.17, 15) is 4.79 Å². The summed E-state index contributed by atoms with van der Waals surface area (Å²) in [6, 6.07) is 0. The van der Waals surface area contributed by atoms with Crippen molar-refractivity contribution in [1.29, 1.82) is 0 Å². The smallest absolute Gasteiger partial charge is 0.254 e. The number of hydrogen-bond donors (Lipinski definition) is 1. The van der Waals surface area contributed by atoms with Crippen LogP contribution in [0.1, 0.15) is 55.1 Å². The van der Waals surface area contributed by atoms with E-state index in [2.05, 4.69) is 16.5 Å². The van der Waals surface area contributed by atoms with E-state index in [0.29, 0.717) is 30.0 Å². The van der Waals surface area contributed by atoms with E-state index in [1.54, 1.807) is 0 Å². The van der Waals surface area contributed by atoms with Crippen LogP contribution in [0.3, 0.4) is 0 Å². The Hall–Kier alpha value is -1.58. The first kappa shape index (κ1) is 10.6. The number of nitrogens with zero attached hydrogens (tertiary/aromatic N) is 1. The van der Waals surface area contributed by atoms with E-state index in [1.807, 2.05) is 6.92 Å². The van der Waals surface area contributed by atoms with Gasteiger partial charge in [0.1, 0.15) is 0 Å². The Kier molecular flexibility index (Phi) is 2.31. The maximum Gasteiger partial charge on any atom is 0.254 e. The molecule has 0 amide bonds. The molecule has 1 fully saturated rings. The van der Waals surface area contributed by atoms with Crippen LogP contribution in [-0.2, 0) is 4.74 Å². The molecule has 2 bridgehead atoms. The van der Waals surface area contributed by atoms with Crippen molar-refractivity contribution in [2.75, 3.05) is 6.61 Å². The lowest BCUT2D eigenvalue weighted by molar-refractivity contribution is 0.296. The minimum atomic E-state index is -0.00180. The highest BCUT2D eigenvalue weighted by Crippen LogP contribution is 2.50. The SMILES string of the molecule is C=C(OCC)c1nc2c(c(=O)[nH]1)C1CCC2C1. The highest BCUT2D eigenvalue weighted by Gasteiger charge is 2.40. The summed E-state index contributed by atoms with van der Waals surface area (Å²) < 4.78 is 5.30. The van der Waals surface area contributed by atoms with E-state index in [1.165, 1.54) is 0 Å². The Labute approximate surface area is 99.7 Å². The number of ether oxygens (including phenoxy) is 1. The number of nitrogens with one attached hydrogen (secondary N) is 1. The van der Waals surface area contributed by atoms with Gasteiger partial charge in [-0.25, -0.2) is 4.98 Å². The zero-order chi connectivity index (χ0) is 12.0. The van der Waals surface area contributed by atoms with Crippen LogP contribution >= 0.6 is 0 Å². The van der Waals surface area contributed by atoms with Crippen molar-refractivity contribution in [2.45, 2.75) is 38.0 Å². The molecule has 2 unspecified atom stereocenters. The van der Waals surface area contributed by atoms with Crippen molar-refractivity contribution in [3.63, 3.8) is 0 Å². The molecule has 1 N–H and O–H groups in total. The standard InChI is InChI=1S/C13H16N2O2/c1-3-17-7(2)12-14-11-9-5-4-8(6-9)10(11)13(16)15-12/h8-9H,2-6H2,1H3,(H,14,15,16). The summed E-state index contributed by atoms with van der Waals surface area (Å²) in [5, 5.41) is 0. The predicted molar refractivity (Wildman–Crippen MR) is 64.9 cm³/mol. The molecule has 0 saturated heterocycles. The lowest BCUT2D eigenvalue weighted by atomic mass is 9.97. The molecule has 2 aliphatic rings. The van der Waals surface area contributed by atoms with Crippen molar-refractivity contribution >= 4 is 5.76 Å². The Morgan fingerprint density at radius 3 is 3.06 bits per heavy atom. The van der Waals surface area contributed by atoms with E-state index < -0.39 is 0 Å². The summed E-state index contributed by atoms with van der Waals surface area (Å²) in [5.74, 6) is 1.85. The molecule has 0 spiro atoms. The van der Waals surface area contributed by atoms with Gasteiger partial charge in [-0.3, -0.25) is 4.79 Å². The average Bonchev–Trinajstić information content (AvgIpc) is 2.90. The van der Waals surface area contributed by atoms with E-state index in [4.69, 9.17) is 4.74 Å². The molecule has 0 aromatic carbocycles. The third kappa shape index (κ3) is 1.51. The van der Waals surface area contributed by atoms with E-state index in [0.717, 1.165) is 30.5 Å². The Morgan fingerprint density at radius 1 is 1.53 bits per heavy atom. The summed E-state index contributed by atoms with van der Waals surface area (Å²) in [6.07, 6.45) is 3.39. The van der Waals surface area contributed by atoms with E-state index in [-0.39, 0.29) is 5.56 Å². The normalized spacial score (nSPS) is 24.8. The van der Waals surface area contributed by atoms with Crippen LogP contribution in [0.15, 0.2) is 11.4 Å². The molecule has 1 heterocycles. The molecule has 0 aliphatic heterocycles. The molecule has 17 heavy (non-hydrogen) atoms. The molecule has 3 rings (SSSR count). The number of H-pyrrole nitrogens is 1. The molecule has 1 aromatic heterocycles. The summed E-state index contributed by atoms with van der Waals surface area (Å²) >= 11 is 0. The molecular formula is C13H16N2O2. The predicted octanol–water partition coefficient (Wildman–Crippen LogP) is 2.14. The third-order valence-corrected chi connectivity index (χ3v) is 3.80. The van der Waals surface area contributed by atoms with Gasteiger partial charge in [0.2, 0.25) is 0 Å². The quantitative estimate of drug-likeness (QED) is 0.812. The zero-order valence-corrected chi connectivity index (χ0v) is 9.95. The third-order valence-electron chi connectivity index (χ3n) is 3.80. The van der Waals surface area contributed by atoms with Gasteiger partial charge < -0.3 is 9.72 Å². The van der Waals surface area contributed by atoms with Crippen molar-refractivity contribution < 1.29 is 4.74 Å². The molecule has 4 nitrogen and oxygen atoms in total. The van der Waals surface area contributed by atoms with Gasteiger partial charge in [-0.2, -0.15) is 0 Å². The molecular weight excluding hydrogens is 216 g/mol. The van der Waals surface area contributed by atoms with Crippen molar-refractivity contribution in [3.05, 3.63) is 34.0 Å². The highest BCUT2D eigenvalue weighted by atomic mass is 16.5. The molecule has 2 atom stereocenters. The molecule has 1 aromatic rings. The van der Waals surface area contributed by atoms with Gasteiger partial charge in [-0.05, 0) is 32.1 Å². The molecule has 0 radical (unpaired) electrons. The number of hydrogen-bond acceptors (Lipinski definition) is 3. The van der Waals surface area contributed by atoms with Gasteiger partial charge in [-0.1, -0.05) is 6.58 Å². The largest absolute Gasteiger partial charge is 0.491 e. The minimum absolute atomic E-state index is 0.00180. The van der Waals surface area contributed by atoms with Crippen molar-refractivity contribution in [3.8, 4) is 0 Å². The molecule has 1 saturated carbocycles. The first-order chi connectivity index (χ1) is 8.20. The van der Waals surface area contributed by atoms with Gasteiger partial charge in [0.25, 0.3) is 5.56 Å². The van der Waals surface area contributed by atoms with Crippen LogP contribution in [0, 0.1) is 0 Å². The summed E-state index contributed by atoms with van der Waals surface area (Å²) in [6.45, 7) is 6.21. The maximum atomic E-state index is 12.0. The van der Waals surface area contributed by atoms with Gasteiger partial charge >= 0.3 is 0 Å². The average molecular weight is 232 g/mol. The van der Waals surface area contributed by atoms with Crippen LogP contribution in [0.5, 0.6) is 0 Å². The second kappa shape index (κ2) is 3.72. The number of aromatic nitrogens is 2. The molecule has 90 valence electrons. The lowest BCUT2D eigenvalue weighted by Crippen LogP contribution is -2.21. The topological polar surface area (TPSA) is 55.0 Å². The minimum Gasteiger partial charge on any atom is -0.491 e. The lowest BCUT2D eigenvalue weighted by Gasteiger charge is -2.14. The fraction of sp³-hybridized carbons (Fsp3) is 0.538. The monoisotopic (exact) mass is 232 g/mol. The fourth-order valence-corrected chi connectivity index (χ4v) is 3.07. The van der Waals surface area contributed by atoms with Crippen LogP contribution in [0.25, 0.3) is 5.76 Å². The highest BCUT2D eigenvalue weighted by molar-refractivity contribution is 5.51. The van der Waals surface area contributed by atoms with Gasteiger partial charge in [0, 0.05) is 11.5 Å². The molecule has 4 heteroatoms. The second-order valence-corrected chi connectivity index (χ2v) is 4.78. The Morgan fingerprint density at radius 2 is 2.29 bits per heavy atom. The number of aromatic amines is 1. The number of rotatable bonds is 3. The summed E-state index contributed by atoms with van der Waals surface area (Å²) in [4.78, 5) is 19.4. The zero-order valence-electron chi connectivity index (χ0n) is 9.95. The maximum absolute atomic E-state index is 12.0. The Balaban J connectivity index is 2.06. The van der Waals surface area contributed by atoms with Crippen LogP contribution in [-0.4, -0.2) is 16.6 Å². The first-order valence-corrected chi connectivity index (χ1v) is 6.17. The molecule has 2 aliphatic carbocycles. The Bertz CT molecular complexity index is 533. The van der Waals surface area contributed by atoms with E-state index >= 15 is 0 Å². The van der Waals surface area contributed by atoms with Crippen LogP contribution in [0.2, 0.25) is 0 Å². The number of fused-ring (bicyclic) bond motifs is 5. The van der Waals surface area contributed by atoms with Gasteiger partial charge in [-0.15, -0.1) is 0 Å². The summed E-state index contributed by atoms with van der Waals surface area (Å²) in [5.41, 5.74) is 1.90. The van der Waals surface area contributed by atoms with Crippen molar-refractivity contribution in [1.82, 2.24) is 9.97 Å².